The number of carbonyl (C=O) groups excluding carboxylic acids is 1. The van der Waals surface area contributed by atoms with E-state index < -0.39 is 66.9 Å². The number of hydrogen-bond acceptors (Lipinski definition) is 10. The molecule has 1 amide bonds. The molecule has 5 rings (SSSR count). The van der Waals surface area contributed by atoms with Crippen LogP contribution in [0.1, 0.15) is 31.4 Å². The van der Waals surface area contributed by atoms with Gasteiger partial charge in [-0.2, -0.15) is 0 Å². The van der Waals surface area contributed by atoms with Gasteiger partial charge in [-0.1, -0.05) is 41.0 Å². The molecular weight excluding hydrogens is 606 g/mol. The Kier molecular flexibility index (Phi) is 10.2. The minimum absolute atomic E-state index is 0.0613. The van der Waals surface area contributed by atoms with Gasteiger partial charge in [0.1, 0.15) is 50.0 Å². The van der Waals surface area contributed by atoms with Crippen LogP contribution < -0.4 is 10.1 Å². The van der Waals surface area contributed by atoms with Crippen LogP contribution >= 0.6 is 11.6 Å². The number of fused-ring (bicyclic) bond motifs is 1. The van der Waals surface area contributed by atoms with E-state index in [1.807, 2.05) is 6.07 Å². The van der Waals surface area contributed by atoms with Crippen molar-refractivity contribution in [1.29, 1.82) is 0 Å². The van der Waals surface area contributed by atoms with Crippen molar-refractivity contribution in [2.75, 3.05) is 6.79 Å². The maximum atomic E-state index is 14.9. The number of ether oxygens (including phenoxy) is 4. The lowest BCUT2D eigenvalue weighted by Gasteiger charge is -2.41. The van der Waals surface area contributed by atoms with Crippen molar-refractivity contribution in [2.24, 2.45) is 5.16 Å². The van der Waals surface area contributed by atoms with Crippen molar-refractivity contribution in [3.63, 3.8) is 0 Å². The summed E-state index contributed by atoms with van der Waals surface area (Å²) in [5, 5.41) is 38.3. The average Bonchev–Trinajstić information content (AvgIpc) is 3.64. The molecule has 44 heavy (non-hydrogen) atoms. The van der Waals surface area contributed by atoms with Gasteiger partial charge in [0, 0.05) is 22.6 Å². The first kappa shape index (κ1) is 32.2. The quantitative estimate of drug-likeness (QED) is 0.185. The second kappa shape index (κ2) is 13.9. The number of hydrogen-bond donors (Lipinski definition) is 4. The Bertz CT molecular complexity index is 1410. The molecule has 0 aromatic heterocycles. The fourth-order valence-electron chi connectivity index (χ4n) is 5.23. The highest BCUT2D eigenvalue weighted by atomic mass is 35.5. The summed E-state index contributed by atoms with van der Waals surface area (Å²) >= 11 is 6.11. The Balaban J connectivity index is 1.16. The Morgan fingerprint density at radius 1 is 1.11 bits per heavy atom. The van der Waals surface area contributed by atoms with E-state index in [1.54, 1.807) is 25.1 Å². The van der Waals surface area contributed by atoms with Gasteiger partial charge in [0.05, 0.1) is 11.8 Å². The first-order chi connectivity index (χ1) is 21.0. The Morgan fingerprint density at radius 3 is 2.57 bits per heavy atom. The average molecular weight is 639 g/mol. The largest absolute Gasteiger partial charge is 0.459 e. The van der Waals surface area contributed by atoms with Crippen LogP contribution in [0.5, 0.6) is 5.75 Å². The summed E-state index contributed by atoms with van der Waals surface area (Å²) in [7, 11) is 0. The normalized spacial score (nSPS) is 32.3. The van der Waals surface area contributed by atoms with E-state index in [2.05, 4.69) is 10.5 Å². The molecule has 14 heteroatoms. The molecule has 1 aliphatic carbocycles. The Labute approximate surface area is 256 Å². The SMILES string of the molecule is C/C(=C\c1ccc(O[C@@H]2O[C@H](/C(C)=N/OCc3ccccc3Cl)C[C@@H]2F)c(F)c1)C(=O)N[C@@H]1[C@H](O)[C@@H](O)[C@H]2OCO[C@H]2[C@@H]1O. The second-order valence-corrected chi connectivity index (χ2v) is 11.2. The third-order valence-corrected chi connectivity index (χ3v) is 8.10. The number of halogens is 3. The molecule has 2 aromatic rings. The van der Waals surface area contributed by atoms with Crippen LogP contribution in [-0.4, -0.2) is 88.9 Å². The van der Waals surface area contributed by atoms with Gasteiger partial charge in [-0.15, -0.1) is 0 Å². The van der Waals surface area contributed by atoms with E-state index in [4.69, 9.17) is 35.4 Å². The van der Waals surface area contributed by atoms with Crippen LogP contribution in [0.4, 0.5) is 8.78 Å². The smallest absolute Gasteiger partial charge is 0.247 e. The van der Waals surface area contributed by atoms with E-state index in [1.165, 1.54) is 25.1 Å². The number of oxime groups is 1. The lowest BCUT2D eigenvalue weighted by atomic mass is 9.83. The minimum Gasteiger partial charge on any atom is -0.459 e. The lowest BCUT2D eigenvalue weighted by molar-refractivity contribution is -0.155. The molecule has 2 heterocycles. The molecule has 2 aliphatic heterocycles. The van der Waals surface area contributed by atoms with Gasteiger partial charge in [-0.3, -0.25) is 4.79 Å². The number of benzene rings is 2. The number of rotatable bonds is 9. The maximum Gasteiger partial charge on any atom is 0.247 e. The van der Waals surface area contributed by atoms with E-state index in [0.717, 1.165) is 11.6 Å². The van der Waals surface area contributed by atoms with E-state index in [0.29, 0.717) is 16.3 Å². The Morgan fingerprint density at radius 2 is 1.84 bits per heavy atom. The fraction of sp³-hybridized carbons (Fsp3) is 0.467. The molecule has 0 radical (unpaired) electrons. The minimum atomic E-state index is -1.56. The van der Waals surface area contributed by atoms with Crippen LogP contribution in [-0.2, 0) is 30.4 Å². The summed E-state index contributed by atoms with van der Waals surface area (Å²) < 4.78 is 51.3. The molecule has 3 aliphatic rings. The number of alkyl halides is 1. The number of nitrogens with one attached hydrogen (secondary N) is 1. The van der Waals surface area contributed by atoms with Crippen molar-refractivity contribution in [2.45, 2.75) is 82.0 Å². The van der Waals surface area contributed by atoms with Crippen LogP contribution in [0.25, 0.3) is 6.08 Å². The molecule has 0 bridgehead atoms. The molecule has 0 unspecified atom stereocenters. The number of aliphatic hydroxyl groups is 3. The molecule has 3 fully saturated rings. The molecule has 11 nitrogen and oxygen atoms in total. The Hall–Kier alpha value is -3.17. The summed E-state index contributed by atoms with van der Waals surface area (Å²) in [6.45, 7) is 3.04. The highest BCUT2D eigenvalue weighted by molar-refractivity contribution is 6.31. The summed E-state index contributed by atoms with van der Waals surface area (Å²) in [5.41, 5.74) is 1.53. The van der Waals surface area contributed by atoms with Gasteiger partial charge in [-0.05, 0) is 43.7 Å². The summed E-state index contributed by atoms with van der Waals surface area (Å²) in [4.78, 5) is 18.1. The topological polar surface area (TPSA) is 148 Å². The zero-order valence-corrected chi connectivity index (χ0v) is 24.6. The number of carbonyl (C=O) groups is 1. The molecule has 2 aromatic carbocycles. The summed E-state index contributed by atoms with van der Waals surface area (Å²) in [6.07, 6.45) is -8.43. The van der Waals surface area contributed by atoms with Crippen LogP contribution in [0, 0.1) is 5.82 Å². The van der Waals surface area contributed by atoms with Gasteiger partial charge in [0.15, 0.2) is 17.7 Å². The molecule has 238 valence electrons. The highest BCUT2D eigenvalue weighted by Crippen LogP contribution is 2.31. The number of amides is 1. The van der Waals surface area contributed by atoms with Gasteiger partial charge >= 0.3 is 0 Å². The molecule has 0 spiro atoms. The maximum absolute atomic E-state index is 14.9. The lowest BCUT2D eigenvalue weighted by Crippen LogP contribution is -2.67. The molecule has 4 N–H and O–H groups in total. The van der Waals surface area contributed by atoms with E-state index in [9.17, 15) is 28.9 Å². The first-order valence-corrected chi connectivity index (χ1v) is 14.3. The van der Waals surface area contributed by atoms with Crippen molar-refractivity contribution >= 4 is 29.3 Å². The summed E-state index contributed by atoms with van der Waals surface area (Å²) in [5.74, 6) is -1.74. The van der Waals surface area contributed by atoms with Crippen molar-refractivity contribution in [1.82, 2.24) is 5.32 Å². The van der Waals surface area contributed by atoms with Crippen LogP contribution in [0.2, 0.25) is 5.02 Å². The van der Waals surface area contributed by atoms with Crippen molar-refractivity contribution < 1.29 is 52.7 Å². The standard InChI is InChI=1S/C30H33ClF2N2O9/c1-14(29(39)34-23-24(36)26(38)28-27(25(23)37)40-13-41-28)9-16-7-8-21(19(32)10-16)43-30-20(33)11-22(44-30)15(2)35-42-12-17-5-3-4-6-18(17)31/h3-10,20,22-28,30,36-38H,11-13H2,1-2H3,(H,34,39)/b14-9+,35-15+/t20-,22-,23+,24-,25+,26+,27-,28+,30+/m0/s1. The monoisotopic (exact) mass is 638 g/mol. The summed E-state index contributed by atoms with van der Waals surface area (Å²) in [6, 6.07) is 9.75. The molecule has 2 saturated heterocycles. The van der Waals surface area contributed by atoms with Crippen molar-refractivity contribution in [3.05, 3.63) is 70.0 Å². The fourth-order valence-corrected chi connectivity index (χ4v) is 5.42. The van der Waals surface area contributed by atoms with Gasteiger partial charge < -0.3 is 44.4 Å². The van der Waals surface area contributed by atoms with Gasteiger partial charge in [0.25, 0.3) is 0 Å². The van der Waals surface area contributed by atoms with Crippen molar-refractivity contribution in [3.8, 4) is 5.75 Å². The highest BCUT2D eigenvalue weighted by Gasteiger charge is 2.53. The molecule has 1 saturated carbocycles. The zero-order chi connectivity index (χ0) is 31.5. The second-order valence-electron chi connectivity index (χ2n) is 10.8. The van der Waals surface area contributed by atoms with E-state index >= 15 is 0 Å². The number of nitrogens with zero attached hydrogens (tertiary/aromatic N) is 1. The number of aliphatic hydroxyl groups excluding tert-OH is 3. The zero-order valence-electron chi connectivity index (χ0n) is 23.8. The third-order valence-electron chi connectivity index (χ3n) is 7.73. The molecule has 9 atom stereocenters. The van der Waals surface area contributed by atoms with Crippen LogP contribution in [0.3, 0.4) is 0 Å². The third kappa shape index (κ3) is 7.04. The first-order valence-electron chi connectivity index (χ1n) is 14.0. The van der Waals surface area contributed by atoms with Gasteiger partial charge in [-0.25, -0.2) is 8.78 Å². The molecular formula is C30H33ClF2N2O9. The van der Waals surface area contributed by atoms with Gasteiger partial charge in [0.2, 0.25) is 12.2 Å². The predicted molar refractivity (Wildman–Crippen MR) is 153 cm³/mol. The van der Waals surface area contributed by atoms with Crippen LogP contribution in [0.15, 0.2) is 53.2 Å². The van der Waals surface area contributed by atoms with E-state index in [-0.39, 0.29) is 31.1 Å². The predicted octanol–water partition coefficient (Wildman–Crippen LogP) is 2.63.